The normalized spacial score (nSPS) is 10.4. The average Bonchev–Trinajstić information content (AvgIpc) is 2.45. The summed E-state index contributed by atoms with van der Waals surface area (Å²) in [5.41, 5.74) is 6.64. The summed E-state index contributed by atoms with van der Waals surface area (Å²) >= 11 is 0. The maximum absolute atomic E-state index is 12.5. The minimum Gasteiger partial charge on any atom is -0.489 e. The van der Waals surface area contributed by atoms with Crippen molar-refractivity contribution < 1.29 is 14.3 Å². The number of primary amides is 1. The molecular formula is C17H24N2O3. The van der Waals surface area contributed by atoms with Gasteiger partial charge in [0.05, 0.1) is 0 Å². The van der Waals surface area contributed by atoms with Gasteiger partial charge in [0.15, 0.2) is 0 Å². The van der Waals surface area contributed by atoms with E-state index in [1.165, 1.54) is 0 Å². The van der Waals surface area contributed by atoms with Crippen molar-refractivity contribution in [1.29, 1.82) is 0 Å². The first kappa shape index (κ1) is 17.8. The van der Waals surface area contributed by atoms with E-state index < -0.39 is 5.91 Å². The van der Waals surface area contributed by atoms with Crippen molar-refractivity contribution in [1.82, 2.24) is 4.90 Å². The molecule has 2 N–H and O–H groups in total. The van der Waals surface area contributed by atoms with Crippen LogP contribution in [0.3, 0.4) is 0 Å². The molecule has 1 aromatic rings. The van der Waals surface area contributed by atoms with E-state index in [9.17, 15) is 9.59 Å². The molecule has 0 saturated carbocycles. The number of hydrogen-bond donors (Lipinski definition) is 1. The minimum absolute atomic E-state index is 0.00816. The number of hydrogen-bond acceptors (Lipinski definition) is 3. The number of nitrogens with two attached hydrogens (primary N) is 1. The number of rotatable bonds is 8. The van der Waals surface area contributed by atoms with Crippen LogP contribution in [0.5, 0.6) is 5.75 Å². The number of nitrogens with zero attached hydrogens (tertiary/aromatic N) is 1. The Morgan fingerprint density at radius 3 is 2.32 bits per heavy atom. The van der Waals surface area contributed by atoms with Gasteiger partial charge in [-0.05, 0) is 50.6 Å². The lowest BCUT2D eigenvalue weighted by molar-refractivity contribution is -0.118. The molecule has 0 heterocycles. The van der Waals surface area contributed by atoms with Gasteiger partial charge in [0.1, 0.15) is 12.4 Å². The molecule has 0 aliphatic rings. The first-order valence-corrected chi connectivity index (χ1v) is 7.27. The highest BCUT2D eigenvalue weighted by molar-refractivity contribution is 5.94. The van der Waals surface area contributed by atoms with Gasteiger partial charge in [-0.1, -0.05) is 6.58 Å². The van der Waals surface area contributed by atoms with Gasteiger partial charge in [-0.25, -0.2) is 0 Å². The highest BCUT2D eigenvalue weighted by atomic mass is 16.5. The van der Waals surface area contributed by atoms with Crippen molar-refractivity contribution in [2.24, 2.45) is 5.73 Å². The molecule has 0 aliphatic heterocycles. The smallest absolute Gasteiger partial charge is 0.254 e. The van der Waals surface area contributed by atoms with Crippen LogP contribution in [0, 0.1) is 0 Å². The first-order chi connectivity index (χ1) is 10.3. The van der Waals surface area contributed by atoms with Crippen molar-refractivity contribution in [2.45, 2.75) is 33.2 Å². The number of amides is 2. The summed E-state index contributed by atoms with van der Waals surface area (Å²) in [6, 6.07) is 6.93. The molecule has 0 unspecified atom stereocenters. The number of ether oxygens (including phenoxy) is 1. The van der Waals surface area contributed by atoms with Crippen molar-refractivity contribution in [3.8, 4) is 5.75 Å². The maximum atomic E-state index is 12.5. The van der Waals surface area contributed by atoms with Crippen LogP contribution in [0.2, 0.25) is 0 Å². The Morgan fingerprint density at radius 2 is 1.86 bits per heavy atom. The van der Waals surface area contributed by atoms with Crippen molar-refractivity contribution in [3.05, 3.63) is 42.0 Å². The summed E-state index contributed by atoms with van der Waals surface area (Å²) in [5, 5.41) is 0. The molecule has 0 atom stereocenters. The molecule has 5 heteroatoms. The van der Waals surface area contributed by atoms with E-state index in [4.69, 9.17) is 10.5 Å². The molecule has 0 spiro atoms. The quantitative estimate of drug-likeness (QED) is 0.749. The molecule has 5 nitrogen and oxygen atoms in total. The number of benzene rings is 1. The van der Waals surface area contributed by atoms with E-state index in [0.29, 0.717) is 24.5 Å². The van der Waals surface area contributed by atoms with Gasteiger partial charge in [0, 0.05) is 24.6 Å². The molecular weight excluding hydrogens is 280 g/mol. The Hall–Kier alpha value is -2.30. The third kappa shape index (κ3) is 5.60. The second-order valence-corrected chi connectivity index (χ2v) is 5.58. The number of carbonyl (C=O) groups is 2. The minimum atomic E-state index is -0.415. The Kier molecular flexibility index (Phi) is 6.63. The Labute approximate surface area is 131 Å². The van der Waals surface area contributed by atoms with E-state index in [0.717, 1.165) is 5.57 Å². The van der Waals surface area contributed by atoms with Crippen LogP contribution in [-0.2, 0) is 4.79 Å². The predicted octanol–water partition coefficient (Wildman–Crippen LogP) is 2.37. The molecule has 0 radical (unpaired) electrons. The van der Waals surface area contributed by atoms with Crippen molar-refractivity contribution in [2.75, 3.05) is 13.2 Å². The van der Waals surface area contributed by atoms with Gasteiger partial charge in [-0.3, -0.25) is 9.59 Å². The van der Waals surface area contributed by atoms with Crippen LogP contribution >= 0.6 is 0 Å². The average molecular weight is 304 g/mol. The third-order valence-corrected chi connectivity index (χ3v) is 3.07. The van der Waals surface area contributed by atoms with Gasteiger partial charge < -0.3 is 15.4 Å². The van der Waals surface area contributed by atoms with Crippen molar-refractivity contribution >= 4 is 11.8 Å². The van der Waals surface area contributed by atoms with Crippen molar-refractivity contribution in [3.63, 3.8) is 0 Å². The van der Waals surface area contributed by atoms with Crippen LogP contribution in [0.4, 0.5) is 0 Å². The lowest BCUT2D eigenvalue weighted by atomic mass is 10.1. The van der Waals surface area contributed by atoms with E-state index in [2.05, 4.69) is 6.58 Å². The molecule has 120 valence electrons. The Balaban J connectivity index is 2.77. The van der Waals surface area contributed by atoms with Gasteiger partial charge >= 0.3 is 0 Å². The van der Waals surface area contributed by atoms with E-state index in [1.54, 1.807) is 29.2 Å². The summed E-state index contributed by atoms with van der Waals surface area (Å²) < 4.78 is 5.50. The SMILES string of the molecule is C=C(C)COc1ccc(C(=O)N(CCC(N)=O)C(C)C)cc1. The van der Waals surface area contributed by atoms with Gasteiger partial charge in [0.2, 0.25) is 5.91 Å². The fraction of sp³-hybridized carbons (Fsp3) is 0.412. The summed E-state index contributed by atoms with van der Waals surface area (Å²) in [5.74, 6) is 0.150. The predicted molar refractivity (Wildman–Crippen MR) is 86.7 cm³/mol. The van der Waals surface area contributed by atoms with Crippen LogP contribution in [0.1, 0.15) is 37.6 Å². The monoisotopic (exact) mass is 304 g/mol. The summed E-state index contributed by atoms with van der Waals surface area (Å²) in [6.07, 6.45) is 0.156. The Morgan fingerprint density at radius 1 is 1.27 bits per heavy atom. The molecule has 2 amide bonds. The van der Waals surface area contributed by atoms with E-state index in [-0.39, 0.29) is 18.4 Å². The fourth-order valence-electron chi connectivity index (χ4n) is 1.89. The highest BCUT2D eigenvalue weighted by Crippen LogP contribution is 2.15. The zero-order valence-electron chi connectivity index (χ0n) is 13.5. The zero-order valence-corrected chi connectivity index (χ0v) is 13.5. The van der Waals surface area contributed by atoms with Crippen LogP contribution in [-0.4, -0.2) is 35.9 Å². The first-order valence-electron chi connectivity index (χ1n) is 7.27. The second kappa shape index (κ2) is 8.22. The van der Waals surface area contributed by atoms with Crippen LogP contribution < -0.4 is 10.5 Å². The van der Waals surface area contributed by atoms with Gasteiger partial charge in [-0.15, -0.1) is 0 Å². The lowest BCUT2D eigenvalue weighted by Gasteiger charge is -2.26. The fourth-order valence-corrected chi connectivity index (χ4v) is 1.89. The Bertz CT molecular complexity index is 535. The van der Waals surface area contributed by atoms with E-state index in [1.807, 2.05) is 20.8 Å². The molecule has 22 heavy (non-hydrogen) atoms. The molecule has 0 saturated heterocycles. The van der Waals surface area contributed by atoms with Gasteiger partial charge in [0.25, 0.3) is 5.91 Å². The standard InChI is InChI=1S/C17H24N2O3/c1-12(2)11-22-15-7-5-14(6-8-15)17(21)19(13(3)4)10-9-16(18)20/h5-8,13H,1,9-11H2,2-4H3,(H2,18,20). The van der Waals surface area contributed by atoms with Gasteiger partial charge in [-0.2, -0.15) is 0 Å². The topological polar surface area (TPSA) is 72.6 Å². The molecule has 0 bridgehead atoms. The zero-order chi connectivity index (χ0) is 16.7. The molecule has 1 aromatic carbocycles. The molecule has 0 aromatic heterocycles. The second-order valence-electron chi connectivity index (χ2n) is 5.58. The van der Waals surface area contributed by atoms with Crippen LogP contribution in [0.15, 0.2) is 36.4 Å². The molecule has 0 aliphatic carbocycles. The summed E-state index contributed by atoms with van der Waals surface area (Å²) in [6.45, 7) is 10.2. The molecule has 0 fully saturated rings. The van der Waals surface area contributed by atoms with Crippen LogP contribution in [0.25, 0.3) is 0 Å². The largest absolute Gasteiger partial charge is 0.489 e. The number of carbonyl (C=O) groups excluding carboxylic acids is 2. The lowest BCUT2D eigenvalue weighted by Crippen LogP contribution is -2.39. The maximum Gasteiger partial charge on any atom is 0.254 e. The summed E-state index contributed by atoms with van der Waals surface area (Å²) in [7, 11) is 0. The van der Waals surface area contributed by atoms with E-state index >= 15 is 0 Å². The third-order valence-electron chi connectivity index (χ3n) is 3.07. The molecule has 1 rings (SSSR count). The highest BCUT2D eigenvalue weighted by Gasteiger charge is 2.19. The summed E-state index contributed by atoms with van der Waals surface area (Å²) in [4.78, 5) is 25.0.